The van der Waals surface area contributed by atoms with Crippen LogP contribution in [0.5, 0.6) is 5.75 Å². The van der Waals surface area contributed by atoms with E-state index in [1.165, 1.54) is 11.0 Å². The zero-order chi connectivity index (χ0) is 33.9. The normalized spacial score (nSPS) is 24.8. The Morgan fingerprint density at radius 2 is 1.78 bits per heavy atom. The molecule has 0 saturated heterocycles. The zero-order valence-corrected chi connectivity index (χ0v) is 27.1. The summed E-state index contributed by atoms with van der Waals surface area (Å²) in [6, 6.07) is 10.0. The number of hydrogen-bond donors (Lipinski definition) is 5. The fourth-order valence-electron chi connectivity index (χ4n) is 7.25. The molecule has 1 fully saturated rings. The van der Waals surface area contributed by atoms with Gasteiger partial charge in [-0.05, 0) is 95.1 Å². The number of aliphatic hydroxyl groups excluding tert-OH is 2. The molecule has 11 heteroatoms. The quantitative estimate of drug-likeness (QED) is 0.272. The van der Waals surface area contributed by atoms with E-state index in [-0.39, 0.29) is 35.3 Å². The van der Waals surface area contributed by atoms with Crippen LogP contribution in [0.25, 0.3) is 16.9 Å². The molecule has 1 saturated carbocycles. The van der Waals surface area contributed by atoms with Gasteiger partial charge < -0.3 is 30.9 Å². The number of likely N-dealkylation sites (N-methyl/N-ethyl adjacent to an activating group) is 2. The number of Topliss-reactive ketones (excluding diaryl/α,β-unsaturated/α-hetero) is 2. The minimum absolute atomic E-state index is 0.0301. The number of primary amides is 1. The number of hydrogen-bond acceptors (Lipinski definition) is 10. The molecule has 46 heavy (non-hydrogen) atoms. The number of nitrogens with two attached hydrogens (primary N) is 1. The lowest BCUT2D eigenvalue weighted by molar-refractivity contribution is -0.153. The van der Waals surface area contributed by atoms with Gasteiger partial charge in [-0.1, -0.05) is 24.3 Å². The second-order valence-corrected chi connectivity index (χ2v) is 13.8. The molecule has 3 aliphatic rings. The van der Waals surface area contributed by atoms with E-state index in [0.29, 0.717) is 18.7 Å². The molecule has 0 spiro atoms. The van der Waals surface area contributed by atoms with Gasteiger partial charge in [0.05, 0.1) is 23.8 Å². The maximum Gasteiger partial charge on any atom is 0.255 e. The first-order chi connectivity index (χ1) is 21.5. The molecule has 0 aliphatic heterocycles. The fourth-order valence-corrected chi connectivity index (χ4v) is 7.25. The van der Waals surface area contributed by atoms with Crippen molar-refractivity contribution in [3.8, 4) is 16.9 Å². The number of phenolic OH excluding ortho intramolecular Hbond substituents is 1. The Kier molecular flexibility index (Phi) is 8.67. The molecular weight excluding hydrogens is 590 g/mol. The van der Waals surface area contributed by atoms with Crippen molar-refractivity contribution < 1.29 is 39.5 Å². The number of amides is 1. The minimum Gasteiger partial charge on any atom is -0.508 e. The minimum atomic E-state index is -2.67. The van der Waals surface area contributed by atoms with Crippen LogP contribution in [-0.2, 0) is 32.1 Å². The zero-order valence-electron chi connectivity index (χ0n) is 27.1. The summed E-state index contributed by atoms with van der Waals surface area (Å²) in [5.74, 6) is -6.72. The molecule has 3 aliphatic carbocycles. The second-order valence-electron chi connectivity index (χ2n) is 13.8. The third-order valence-electron chi connectivity index (χ3n) is 9.30. The summed E-state index contributed by atoms with van der Waals surface area (Å²) in [5.41, 5.74) is 4.86. The van der Waals surface area contributed by atoms with Crippen LogP contribution < -0.4 is 5.73 Å². The van der Waals surface area contributed by atoms with Gasteiger partial charge >= 0.3 is 0 Å². The van der Waals surface area contributed by atoms with Crippen LogP contribution in [0.15, 0.2) is 53.3 Å². The van der Waals surface area contributed by atoms with Crippen molar-refractivity contribution in [2.24, 2.45) is 17.6 Å². The first-order valence-corrected chi connectivity index (χ1v) is 15.4. The Morgan fingerprint density at radius 3 is 2.41 bits per heavy atom. The van der Waals surface area contributed by atoms with Crippen LogP contribution in [-0.4, -0.2) is 99.2 Å². The highest BCUT2D eigenvalue weighted by Gasteiger charge is 2.64. The van der Waals surface area contributed by atoms with Crippen molar-refractivity contribution in [3.63, 3.8) is 0 Å². The lowest BCUT2D eigenvalue weighted by Gasteiger charge is -2.50. The number of carbonyl (C=O) groups is 3. The van der Waals surface area contributed by atoms with Gasteiger partial charge in [0.1, 0.15) is 22.8 Å². The van der Waals surface area contributed by atoms with Gasteiger partial charge in [-0.15, -0.1) is 0 Å². The lowest BCUT2D eigenvalue weighted by Crippen LogP contribution is -2.65. The molecule has 6 N–H and O–H groups in total. The highest BCUT2D eigenvalue weighted by atomic mass is 16.5. The fraction of sp³-hybridized carbons (Fsp3) is 0.457. The van der Waals surface area contributed by atoms with Gasteiger partial charge in [0.2, 0.25) is 5.78 Å². The molecule has 0 bridgehead atoms. The molecular formula is C35H43N3O8. The first kappa shape index (κ1) is 33.3. The summed E-state index contributed by atoms with van der Waals surface area (Å²) in [7, 11) is 5.17. The maximum absolute atomic E-state index is 14.1. The Bertz CT molecular complexity index is 1670. The van der Waals surface area contributed by atoms with E-state index in [9.17, 15) is 34.8 Å². The number of aliphatic hydroxyl groups is 3. The molecule has 0 aromatic heterocycles. The van der Waals surface area contributed by atoms with Crippen LogP contribution >= 0.6 is 0 Å². The summed E-state index contributed by atoms with van der Waals surface area (Å²) in [6.45, 7) is 8.05. The first-order valence-electron chi connectivity index (χ1n) is 15.4. The molecule has 4 atom stereocenters. The molecule has 2 aromatic rings. The Morgan fingerprint density at radius 1 is 1.09 bits per heavy atom. The average Bonchev–Trinajstić information content (AvgIpc) is 2.94. The Labute approximate surface area is 268 Å². The average molecular weight is 634 g/mol. The van der Waals surface area contributed by atoms with E-state index < -0.39 is 58.0 Å². The molecule has 1 amide bonds. The molecule has 0 radical (unpaired) electrons. The van der Waals surface area contributed by atoms with Crippen LogP contribution in [0.4, 0.5) is 0 Å². The van der Waals surface area contributed by atoms with E-state index in [1.54, 1.807) is 20.2 Å². The number of aromatic hydroxyl groups is 1. The van der Waals surface area contributed by atoms with Crippen LogP contribution in [0.2, 0.25) is 0 Å². The Balaban J connectivity index is 1.55. The molecule has 0 unspecified atom stereocenters. The van der Waals surface area contributed by atoms with Crippen LogP contribution in [0.1, 0.15) is 43.9 Å². The van der Waals surface area contributed by atoms with Crippen LogP contribution in [0.3, 0.4) is 0 Å². The van der Waals surface area contributed by atoms with Gasteiger partial charge in [0.25, 0.3) is 5.91 Å². The predicted octanol–water partition coefficient (Wildman–Crippen LogP) is 2.88. The van der Waals surface area contributed by atoms with Crippen molar-refractivity contribution in [1.29, 1.82) is 0 Å². The highest BCUT2D eigenvalue weighted by Crippen LogP contribution is 2.53. The summed E-state index contributed by atoms with van der Waals surface area (Å²) < 4.78 is 5.86. The van der Waals surface area contributed by atoms with Crippen molar-refractivity contribution >= 4 is 23.2 Å². The monoisotopic (exact) mass is 633 g/mol. The van der Waals surface area contributed by atoms with Gasteiger partial charge in [-0.25, -0.2) is 0 Å². The van der Waals surface area contributed by atoms with E-state index in [2.05, 4.69) is 4.90 Å². The summed E-state index contributed by atoms with van der Waals surface area (Å²) in [5, 5.41) is 45.4. The number of ether oxygens (including phenoxy) is 1. The Hall–Kier alpha value is -4.03. The number of fused-ring (bicyclic) bond motifs is 3. The van der Waals surface area contributed by atoms with Crippen molar-refractivity contribution in [2.45, 2.75) is 57.4 Å². The summed E-state index contributed by atoms with van der Waals surface area (Å²) in [4.78, 5) is 43.3. The predicted molar refractivity (Wildman–Crippen MR) is 172 cm³/mol. The third kappa shape index (κ3) is 5.62. The highest BCUT2D eigenvalue weighted by molar-refractivity contribution is 6.24. The topological polar surface area (TPSA) is 174 Å². The van der Waals surface area contributed by atoms with Crippen molar-refractivity contribution in [2.75, 3.05) is 34.3 Å². The molecule has 2 aromatic carbocycles. The number of benzene rings is 2. The number of nitrogens with zero attached hydrogens (tertiary/aromatic N) is 2. The van der Waals surface area contributed by atoms with E-state index in [0.717, 1.165) is 23.2 Å². The van der Waals surface area contributed by atoms with Crippen molar-refractivity contribution in [3.05, 3.63) is 70.0 Å². The molecule has 11 nitrogen and oxygen atoms in total. The SMILES string of the molecule is CN(CCOC(C)(C)C)Cc1cccc(-c2ccc(O)c3c2C[C@H]2C[C@H]4[C@H](N(C)C)C(=O)C(C(N)=O)=C(O)[C@@]4(O)C(=O)C2=C3O)c1. The summed E-state index contributed by atoms with van der Waals surface area (Å²) >= 11 is 0. The summed E-state index contributed by atoms with van der Waals surface area (Å²) in [6.07, 6.45) is 0.245. The standard InChI is InChI=1S/C35H43N3O8/c1-34(2,3)46-13-12-38(6)17-18-8-7-9-19(14-18)21-10-11-24(39)26-22(21)15-20-16-23-28(37(4)5)30(41)27(33(36)44)32(43)35(23,45)31(42)25(20)29(26)40/h7-11,14,20,23,28,39-40,43,45H,12-13,15-17H2,1-6H3,(H2,36,44)/t20-,23-,28-,35-/m0/s1. The molecule has 246 valence electrons. The van der Waals surface area contributed by atoms with E-state index in [4.69, 9.17) is 10.5 Å². The van der Waals surface area contributed by atoms with Crippen LogP contribution in [0, 0.1) is 11.8 Å². The van der Waals surface area contributed by atoms with Gasteiger partial charge in [-0.3, -0.25) is 24.2 Å². The van der Waals surface area contributed by atoms with E-state index in [1.807, 2.05) is 52.1 Å². The number of phenols is 1. The molecule has 5 rings (SSSR count). The lowest BCUT2D eigenvalue weighted by atomic mass is 9.57. The smallest absolute Gasteiger partial charge is 0.255 e. The van der Waals surface area contributed by atoms with E-state index >= 15 is 0 Å². The van der Waals surface area contributed by atoms with Gasteiger partial charge in [0.15, 0.2) is 11.4 Å². The van der Waals surface area contributed by atoms with Crippen molar-refractivity contribution in [1.82, 2.24) is 9.80 Å². The largest absolute Gasteiger partial charge is 0.508 e. The second kappa shape index (κ2) is 12.0. The maximum atomic E-state index is 14.1. The van der Waals surface area contributed by atoms with Gasteiger partial charge in [-0.2, -0.15) is 0 Å². The number of carbonyl (C=O) groups excluding carboxylic acids is 3. The third-order valence-corrected chi connectivity index (χ3v) is 9.30. The number of ketones is 2. The number of rotatable bonds is 8. The molecule has 0 heterocycles. The van der Waals surface area contributed by atoms with Gasteiger partial charge in [0, 0.05) is 24.6 Å².